The number of para-hydroxylation sites is 1. The van der Waals surface area contributed by atoms with Crippen molar-refractivity contribution in [3.63, 3.8) is 0 Å². The van der Waals surface area contributed by atoms with Crippen LogP contribution < -0.4 is 4.74 Å². The van der Waals surface area contributed by atoms with Gasteiger partial charge in [0.1, 0.15) is 6.61 Å². The molecule has 132 valence electrons. The number of fused-ring (bicyclic) bond motifs is 1. The zero-order valence-corrected chi connectivity index (χ0v) is 14.0. The van der Waals surface area contributed by atoms with Crippen molar-refractivity contribution in [2.75, 3.05) is 7.11 Å². The Labute approximate surface area is 149 Å². The smallest absolute Gasteiger partial charge is 0.311 e. The lowest BCUT2D eigenvalue weighted by Gasteiger charge is -2.08. The van der Waals surface area contributed by atoms with E-state index < -0.39 is 10.9 Å². The largest absolute Gasteiger partial charge is 0.480 e. The van der Waals surface area contributed by atoms with Crippen molar-refractivity contribution >= 4 is 22.6 Å². The molecule has 7 nitrogen and oxygen atoms in total. The molecule has 0 radical (unpaired) electrons. The highest BCUT2D eigenvalue weighted by molar-refractivity contribution is 5.78. The number of aromatic nitrogens is 1. The molecular weight excluding hydrogens is 336 g/mol. The highest BCUT2D eigenvalue weighted by atomic mass is 16.6. The molecule has 26 heavy (non-hydrogen) atoms. The number of pyridine rings is 1. The monoisotopic (exact) mass is 352 g/mol. The van der Waals surface area contributed by atoms with E-state index in [-0.39, 0.29) is 24.5 Å². The predicted molar refractivity (Wildman–Crippen MR) is 94.9 cm³/mol. The first-order valence-electron chi connectivity index (χ1n) is 7.88. The summed E-state index contributed by atoms with van der Waals surface area (Å²) in [5, 5.41) is 12.3. The Hall–Kier alpha value is -3.48. The molecule has 0 unspecified atom stereocenters. The normalized spacial score (nSPS) is 10.5. The van der Waals surface area contributed by atoms with Crippen molar-refractivity contribution in [2.24, 2.45) is 0 Å². The Kier molecular flexibility index (Phi) is 5.07. The van der Waals surface area contributed by atoms with Gasteiger partial charge < -0.3 is 9.47 Å². The van der Waals surface area contributed by atoms with Crippen LogP contribution in [0.2, 0.25) is 0 Å². The van der Waals surface area contributed by atoms with Crippen LogP contribution in [0.15, 0.2) is 54.6 Å². The van der Waals surface area contributed by atoms with Gasteiger partial charge in [-0.15, -0.1) is 0 Å². The van der Waals surface area contributed by atoms with Gasteiger partial charge in [-0.2, -0.15) is 0 Å². The molecule has 0 aliphatic carbocycles. The van der Waals surface area contributed by atoms with E-state index in [1.807, 2.05) is 36.4 Å². The van der Waals surface area contributed by atoms with E-state index in [4.69, 9.17) is 4.74 Å². The minimum absolute atomic E-state index is 0.0378. The highest BCUT2D eigenvalue weighted by Crippen LogP contribution is 2.29. The van der Waals surface area contributed by atoms with E-state index in [9.17, 15) is 14.9 Å². The van der Waals surface area contributed by atoms with Crippen molar-refractivity contribution in [2.45, 2.75) is 13.0 Å². The number of hydrogen-bond acceptors (Lipinski definition) is 6. The Morgan fingerprint density at radius 3 is 2.73 bits per heavy atom. The van der Waals surface area contributed by atoms with Crippen LogP contribution in [-0.2, 0) is 22.6 Å². The molecule has 0 aliphatic heterocycles. The summed E-state index contributed by atoms with van der Waals surface area (Å²) in [6.45, 7) is 0.0992. The molecule has 7 heteroatoms. The second kappa shape index (κ2) is 7.60. The zero-order chi connectivity index (χ0) is 18.5. The van der Waals surface area contributed by atoms with Crippen LogP contribution in [-0.4, -0.2) is 23.0 Å². The number of carbonyl (C=O) groups excluding carboxylic acids is 1. The zero-order valence-electron chi connectivity index (χ0n) is 14.0. The van der Waals surface area contributed by atoms with Gasteiger partial charge in [0.05, 0.1) is 29.7 Å². The Morgan fingerprint density at radius 2 is 1.96 bits per heavy atom. The SMILES string of the molecule is COC(=O)Cc1ccc(OCc2ccc3ccccc3n2)c([N+](=O)[O-])c1. The van der Waals surface area contributed by atoms with E-state index >= 15 is 0 Å². The number of benzene rings is 2. The number of esters is 1. The first kappa shape index (κ1) is 17.3. The van der Waals surface area contributed by atoms with E-state index in [1.165, 1.54) is 19.2 Å². The number of nitro groups is 1. The number of carbonyl (C=O) groups is 1. The number of rotatable bonds is 6. The van der Waals surface area contributed by atoms with Gasteiger partial charge in [0, 0.05) is 11.5 Å². The third-order valence-corrected chi connectivity index (χ3v) is 3.83. The van der Waals surface area contributed by atoms with Crippen molar-refractivity contribution in [1.82, 2.24) is 4.98 Å². The molecule has 0 atom stereocenters. The van der Waals surface area contributed by atoms with Crippen LogP contribution in [0, 0.1) is 10.1 Å². The first-order valence-corrected chi connectivity index (χ1v) is 7.88. The van der Waals surface area contributed by atoms with E-state index in [1.54, 1.807) is 6.07 Å². The quantitative estimate of drug-likeness (QED) is 0.383. The van der Waals surface area contributed by atoms with Gasteiger partial charge in [-0.3, -0.25) is 14.9 Å². The minimum atomic E-state index is -0.538. The van der Waals surface area contributed by atoms with Crippen LogP contribution in [0.25, 0.3) is 10.9 Å². The van der Waals surface area contributed by atoms with Crippen molar-refractivity contribution in [1.29, 1.82) is 0 Å². The van der Waals surface area contributed by atoms with Crippen LogP contribution in [0.4, 0.5) is 5.69 Å². The maximum Gasteiger partial charge on any atom is 0.311 e. The topological polar surface area (TPSA) is 91.6 Å². The number of ether oxygens (including phenoxy) is 2. The summed E-state index contributed by atoms with van der Waals surface area (Å²) in [7, 11) is 1.27. The number of methoxy groups -OCH3 is 1. The summed E-state index contributed by atoms with van der Waals surface area (Å²) < 4.78 is 10.2. The second-order valence-corrected chi connectivity index (χ2v) is 5.60. The standard InChI is InChI=1S/C19H16N2O5/c1-25-19(22)11-13-6-9-18(17(10-13)21(23)24)26-12-15-8-7-14-4-2-3-5-16(14)20-15/h2-10H,11-12H2,1H3. The average Bonchev–Trinajstić information content (AvgIpc) is 2.66. The molecule has 1 heterocycles. The lowest BCUT2D eigenvalue weighted by Crippen LogP contribution is -2.06. The molecule has 0 aliphatic rings. The Balaban J connectivity index is 1.79. The maximum atomic E-state index is 11.3. The van der Waals surface area contributed by atoms with Crippen LogP contribution in [0.5, 0.6) is 5.75 Å². The summed E-state index contributed by atoms with van der Waals surface area (Å²) in [5.74, 6) is -0.341. The van der Waals surface area contributed by atoms with Gasteiger partial charge in [0.25, 0.3) is 0 Å². The predicted octanol–water partition coefficient (Wildman–Crippen LogP) is 3.44. The van der Waals surface area contributed by atoms with E-state index in [0.717, 1.165) is 10.9 Å². The molecule has 0 spiro atoms. The number of nitrogens with zero attached hydrogens (tertiary/aromatic N) is 2. The van der Waals surface area contributed by atoms with Crippen molar-refractivity contribution < 1.29 is 19.2 Å². The van der Waals surface area contributed by atoms with Gasteiger partial charge in [0.2, 0.25) is 0 Å². The van der Waals surface area contributed by atoms with Gasteiger partial charge in [-0.1, -0.05) is 30.3 Å². The van der Waals surface area contributed by atoms with Crippen LogP contribution >= 0.6 is 0 Å². The summed E-state index contributed by atoms with van der Waals surface area (Å²) in [6.07, 6.45) is -0.0378. The summed E-state index contributed by atoms with van der Waals surface area (Å²) in [5.41, 5.74) is 1.78. The minimum Gasteiger partial charge on any atom is -0.480 e. The Bertz CT molecular complexity index is 971. The summed E-state index contributed by atoms with van der Waals surface area (Å²) in [4.78, 5) is 26.6. The van der Waals surface area contributed by atoms with Crippen LogP contribution in [0.3, 0.4) is 0 Å². The third-order valence-electron chi connectivity index (χ3n) is 3.83. The second-order valence-electron chi connectivity index (χ2n) is 5.60. The Morgan fingerprint density at radius 1 is 1.15 bits per heavy atom. The highest BCUT2D eigenvalue weighted by Gasteiger charge is 2.17. The van der Waals surface area contributed by atoms with Gasteiger partial charge >= 0.3 is 11.7 Å². The van der Waals surface area contributed by atoms with Gasteiger partial charge in [-0.25, -0.2) is 4.98 Å². The summed E-state index contributed by atoms with van der Waals surface area (Å²) in [6, 6.07) is 15.8. The third kappa shape index (κ3) is 3.94. The van der Waals surface area contributed by atoms with Crippen molar-refractivity contribution in [3.05, 3.63) is 76.0 Å². The molecular formula is C19H16N2O5. The lowest BCUT2D eigenvalue weighted by molar-refractivity contribution is -0.386. The molecule has 2 aromatic carbocycles. The van der Waals surface area contributed by atoms with Crippen molar-refractivity contribution in [3.8, 4) is 5.75 Å². The molecule has 0 bridgehead atoms. The summed E-state index contributed by atoms with van der Waals surface area (Å²) >= 11 is 0. The fourth-order valence-corrected chi connectivity index (χ4v) is 2.52. The van der Waals surface area contributed by atoms with Gasteiger partial charge in [0.15, 0.2) is 5.75 Å². The fraction of sp³-hybridized carbons (Fsp3) is 0.158. The number of hydrogen-bond donors (Lipinski definition) is 0. The first-order chi connectivity index (χ1) is 12.6. The van der Waals surface area contributed by atoms with E-state index in [0.29, 0.717) is 11.3 Å². The molecule has 0 fully saturated rings. The molecule has 3 aromatic rings. The molecule has 0 saturated carbocycles. The molecule has 0 saturated heterocycles. The van der Waals surface area contributed by atoms with E-state index in [2.05, 4.69) is 9.72 Å². The number of nitro benzene ring substituents is 1. The molecule has 0 N–H and O–H groups in total. The molecule has 0 amide bonds. The van der Waals surface area contributed by atoms with Crippen LogP contribution in [0.1, 0.15) is 11.3 Å². The fourth-order valence-electron chi connectivity index (χ4n) is 2.52. The van der Waals surface area contributed by atoms with Gasteiger partial charge in [-0.05, 0) is 23.8 Å². The lowest BCUT2D eigenvalue weighted by atomic mass is 10.1. The maximum absolute atomic E-state index is 11.3. The molecule has 3 rings (SSSR count). The average molecular weight is 352 g/mol. The molecule has 1 aromatic heterocycles.